The minimum Gasteiger partial charge on any atom is -0.493 e. The van der Waals surface area contributed by atoms with Crippen molar-refractivity contribution in [1.82, 2.24) is 0 Å². The number of nitriles is 1. The van der Waals surface area contributed by atoms with Crippen molar-refractivity contribution in [3.05, 3.63) is 88.5 Å². The summed E-state index contributed by atoms with van der Waals surface area (Å²) in [6, 6.07) is 22.3. The van der Waals surface area contributed by atoms with E-state index in [9.17, 15) is 10.1 Å². The minimum atomic E-state index is -0.316. The summed E-state index contributed by atoms with van der Waals surface area (Å²) in [4.78, 5) is 14.7. The standard InChI is InChI=1S/C27H23ClN2O4/c1-32-26-17-19(10-11-25(26)34-15-14-33-24-9-5-3-7-22(24)28)16-21(18-29)27(31)30-13-12-20-6-2-4-8-23(20)30/h2-11,16-17H,12-15H2,1H3. The lowest BCUT2D eigenvalue weighted by Gasteiger charge is -2.16. The number of rotatable bonds is 8. The minimum absolute atomic E-state index is 0.0561. The molecule has 1 heterocycles. The van der Waals surface area contributed by atoms with Crippen LogP contribution in [0.15, 0.2) is 72.3 Å². The van der Waals surface area contributed by atoms with E-state index in [0.717, 1.165) is 17.7 Å². The molecule has 0 saturated carbocycles. The average Bonchev–Trinajstić information content (AvgIpc) is 3.30. The van der Waals surface area contributed by atoms with Gasteiger partial charge in [0.05, 0.1) is 12.1 Å². The Balaban J connectivity index is 1.43. The topological polar surface area (TPSA) is 71.8 Å². The van der Waals surface area contributed by atoms with Gasteiger partial charge in [-0.3, -0.25) is 4.79 Å². The number of benzene rings is 3. The first-order valence-electron chi connectivity index (χ1n) is 10.8. The van der Waals surface area contributed by atoms with Gasteiger partial charge in [0.15, 0.2) is 11.5 Å². The number of ether oxygens (including phenoxy) is 3. The summed E-state index contributed by atoms with van der Waals surface area (Å²) < 4.78 is 16.9. The Labute approximate surface area is 203 Å². The molecule has 0 unspecified atom stereocenters. The Bertz CT molecular complexity index is 1270. The van der Waals surface area contributed by atoms with Gasteiger partial charge in [0.25, 0.3) is 5.91 Å². The number of para-hydroxylation sites is 2. The molecule has 0 N–H and O–H groups in total. The molecule has 0 radical (unpaired) electrons. The van der Waals surface area contributed by atoms with Crippen molar-refractivity contribution >= 4 is 29.3 Å². The second-order valence-electron chi connectivity index (χ2n) is 7.54. The van der Waals surface area contributed by atoms with Crippen LogP contribution >= 0.6 is 11.6 Å². The van der Waals surface area contributed by atoms with Gasteiger partial charge in [-0.05, 0) is 54.0 Å². The fraction of sp³-hybridized carbons (Fsp3) is 0.185. The first kappa shape index (κ1) is 23.2. The predicted molar refractivity (Wildman–Crippen MR) is 132 cm³/mol. The van der Waals surface area contributed by atoms with Gasteiger partial charge in [-0.15, -0.1) is 0 Å². The zero-order valence-electron chi connectivity index (χ0n) is 18.7. The van der Waals surface area contributed by atoms with Crippen LogP contribution in [0.5, 0.6) is 17.2 Å². The Hall–Kier alpha value is -3.95. The number of nitrogens with zero attached hydrogens (tertiary/aromatic N) is 2. The largest absolute Gasteiger partial charge is 0.493 e. The lowest BCUT2D eigenvalue weighted by Crippen LogP contribution is -2.29. The molecule has 0 bridgehead atoms. The number of amides is 1. The maximum atomic E-state index is 13.0. The van der Waals surface area contributed by atoms with Crippen LogP contribution in [0.1, 0.15) is 11.1 Å². The van der Waals surface area contributed by atoms with Crippen LogP contribution in [0.2, 0.25) is 5.02 Å². The molecule has 1 aliphatic rings. The van der Waals surface area contributed by atoms with Crippen LogP contribution in [-0.2, 0) is 11.2 Å². The van der Waals surface area contributed by atoms with E-state index in [1.54, 1.807) is 41.3 Å². The molecule has 0 fully saturated rings. The van der Waals surface area contributed by atoms with E-state index in [1.807, 2.05) is 42.5 Å². The van der Waals surface area contributed by atoms with E-state index in [2.05, 4.69) is 0 Å². The SMILES string of the molecule is COc1cc(C=C(C#N)C(=O)N2CCc3ccccc32)ccc1OCCOc1ccccc1Cl. The number of anilines is 1. The van der Waals surface area contributed by atoms with Crippen molar-refractivity contribution in [2.75, 3.05) is 31.8 Å². The van der Waals surface area contributed by atoms with E-state index >= 15 is 0 Å². The molecule has 7 heteroatoms. The molecule has 0 spiro atoms. The molecule has 3 aromatic carbocycles. The molecule has 0 aromatic heterocycles. The third-order valence-corrected chi connectivity index (χ3v) is 5.73. The van der Waals surface area contributed by atoms with Crippen molar-refractivity contribution in [1.29, 1.82) is 5.26 Å². The number of carbonyl (C=O) groups is 1. The average molecular weight is 475 g/mol. The van der Waals surface area contributed by atoms with Crippen molar-refractivity contribution in [2.45, 2.75) is 6.42 Å². The molecule has 0 saturated heterocycles. The van der Waals surface area contributed by atoms with E-state index in [1.165, 1.54) is 7.11 Å². The normalized spacial score (nSPS) is 12.6. The second-order valence-corrected chi connectivity index (χ2v) is 7.95. The van der Waals surface area contributed by atoms with Gasteiger partial charge in [0.1, 0.15) is 30.6 Å². The molecule has 0 atom stereocenters. The lowest BCUT2D eigenvalue weighted by atomic mass is 10.1. The third kappa shape index (κ3) is 5.16. The first-order valence-corrected chi connectivity index (χ1v) is 11.2. The number of hydrogen-bond acceptors (Lipinski definition) is 5. The summed E-state index contributed by atoms with van der Waals surface area (Å²) in [6.45, 7) is 1.15. The van der Waals surface area contributed by atoms with Gasteiger partial charge >= 0.3 is 0 Å². The molecule has 1 aliphatic heterocycles. The summed E-state index contributed by atoms with van der Waals surface area (Å²) in [7, 11) is 1.54. The summed E-state index contributed by atoms with van der Waals surface area (Å²) in [6.07, 6.45) is 2.34. The maximum Gasteiger partial charge on any atom is 0.268 e. The molecule has 172 valence electrons. The van der Waals surface area contributed by atoms with Crippen molar-refractivity contribution in [3.8, 4) is 23.3 Å². The Morgan fingerprint density at radius 1 is 1.03 bits per heavy atom. The molecular weight excluding hydrogens is 452 g/mol. The Morgan fingerprint density at radius 3 is 2.53 bits per heavy atom. The molecule has 1 amide bonds. The van der Waals surface area contributed by atoms with Crippen LogP contribution in [0.25, 0.3) is 6.08 Å². The number of carbonyl (C=O) groups excluding carboxylic acids is 1. The van der Waals surface area contributed by atoms with Gasteiger partial charge in [-0.2, -0.15) is 5.26 Å². The number of halogens is 1. The van der Waals surface area contributed by atoms with Gasteiger partial charge in [0.2, 0.25) is 0 Å². The smallest absolute Gasteiger partial charge is 0.268 e. The second kappa shape index (κ2) is 10.8. The predicted octanol–water partition coefficient (Wildman–Crippen LogP) is 5.30. The fourth-order valence-electron chi connectivity index (χ4n) is 3.76. The Morgan fingerprint density at radius 2 is 1.76 bits per heavy atom. The van der Waals surface area contributed by atoms with E-state index < -0.39 is 0 Å². The van der Waals surface area contributed by atoms with Crippen LogP contribution in [-0.4, -0.2) is 32.8 Å². The molecule has 4 rings (SSSR count). The summed E-state index contributed by atoms with van der Waals surface area (Å²) in [5.41, 5.74) is 2.68. The Kier molecular flexibility index (Phi) is 7.36. The zero-order valence-corrected chi connectivity index (χ0v) is 19.4. The quantitative estimate of drug-likeness (QED) is 0.251. The van der Waals surface area contributed by atoms with Crippen LogP contribution in [0.4, 0.5) is 5.69 Å². The van der Waals surface area contributed by atoms with Crippen molar-refractivity contribution in [3.63, 3.8) is 0 Å². The zero-order chi connectivity index (χ0) is 23.9. The maximum absolute atomic E-state index is 13.0. The number of hydrogen-bond donors (Lipinski definition) is 0. The van der Waals surface area contributed by atoms with Gasteiger partial charge in [0, 0.05) is 12.2 Å². The molecule has 6 nitrogen and oxygen atoms in total. The van der Waals surface area contributed by atoms with E-state index in [0.29, 0.717) is 41.0 Å². The molecular formula is C27H23ClN2O4. The van der Waals surface area contributed by atoms with Gasteiger partial charge < -0.3 is 19.1 Å². The first-order chi connectivity index (χ1) is 16.6. The lowest BCUT2D eigenvalue weighted by molar-refractivity contribution is -0.114. The molecule has 34 heavy (non-hydrogen) atoms. The molecule has 0 aliphatic carbocycles. The van der Waals surface area contributed by atoms with Crippen LogP contribution in [0.3, 0.4) is 0 Å². The summed E-state index contributed by atoms with van der Waals surface area (Å²) in [5.74, 6) is 1.29. The molecule has 3 aromatic rings. The highest BCUT2D eigenvalue weighted by Gasteiger charge is 2.26. The van der Waals surface area contributed by atoms with Crippen LogP contribution in [0, 0.1) is 11.3 Å². The van der Waals surface area contributed by atoms with E-state index in [4.69, 9.17) is 25.8 Å². The monoisotopic (exact) mass is 474 g/mol. The fourth-order valence-corrected chi connectivity index (χ4v) is 3.95. The van der Waals surface area contributed by atoms with Crippen LogP contribution < -0.4 is 19.1 Å². The van der Waals surface area contributed by atoms with Crippen molar-refractivity contribution < 1.29 is 19.0 Å². The van der Waals surface area contributed by atoms with Gasteiger partial charge in [-0.1, -0.05) is 48.0 Å². The van der Waals surface area contributed by atoms with E-state index in [-0.39, 0.29) is 18.1 Å². The van der Waals surface area contributed by atoms with Crippen molar-refractivity contribution in [2.24, 2.45) is 0 Å². The number of methoxy groups -OCH3 is 1. The number of fused-ring (bicyclic) bond motifs is 1. The highest BCUT2D eigenvalue weighted by atomic mass is 35.5. The highest BCUT2D eigenvalue weighted by Crippen LogP contribution is 2.31. The highest BCUT2D eigenvalue weighted by molar-refractivity contribution is 6.32. The third-order valence-electron chi connectivity index (χ3n) is 5.42. The van der Waals surface area contributed by atoms with Gasteiger partial charge in [-0.25, -0.2) is 0 Å². The summed E-state index contributed by atoms with van der Waals surface area (Å²) >= 11 is 6.09. The summed E-state index contributed by atoms with van der Waals surface area (Å²) in [5, 5.41) is 10.2.